The molecule has 0 atom stereocenters. The third kappa shape index (κ3) is 14.1. The minimum absolute atomic E-state index is 0. The Morgan fingerprint density at radius 2 is 0.546 bits per heavy atom. The molecule has 9 aliphatic heterocycles. The molecule has 13 aromatic carbocycles. The van der Waals surface area contributed by atoms with Crippen molar-refractivity contribution in [2.75, 3.05) is 48.1 Å². The van der Waals surface area contributed by atoms with Crippen LogP contribution in [0.3, 0.4) is 0 Å². The number of hydrogen-bond donors (Lipinski definition) is 0. The Kier molecular flexibility index (Phi) is 22.3. The summed E-state index contributed by atoms with van der Waals surface area (Å²) < 4.78 is 0. The summed E-state index contributed by atoms with van der Waals surface area (Å²) in [6, 6.07) is 125. The number of amidine groups is 1. The quantitative estimate of drug-likeness (QED) is 0.113. The molecule has 0 aliphatic carbocycles. The second-order valence-corrected chi connectivity index (χ2v) is 34.0. The average Bonchev–Trinajstić information content (AvgIpc) is 0.852. The first-order valence-corrected chi connectivity index (χ1v) is 43.4. The number of anilines is 10. The summed E-state index contributed by atoms with van der Waals surface area (Å²) in [5.74, 6) is 0.917. The maximum Gasteiger partial charge on any atom is 0.285 e. The van der Waals surface area contributed by atoms with Gasteiger partial charge in [-0.3, -0.25) is 0 Å². The van der Waals surface area contributed by atoms with E-state index < -0.39 is 0 Å². The zero-order valence-corrected chi connectivity index (χ0v) is 77.8. The summed E-state index contributed by atoms with van der Waals surface area (Å²) in [7, 11) is 4.05. The molecule has 130 heavy (non-hydrogen) atoms. The van der Waals surface area contributed by atoms with Crippen molar-refractivity contribution in [1.29, 1.82) is 0 Å². The summed E-state index contributed by atoms with van der Waals surface area (Å²) in [5.41, 5.74) is 47.0. The van der Waals surface area contributed by atoms with Gasteiger partial charge in [0.25, 0.3) is 20.5 Å². The maximum absolute atomic E-state index is 4.73. The number of fused-ring (bicyclic) bond motifs is 33. The minimum Gasteiger partial charge on any atom is -0.508 e. The van der Waals surface area contributed by atoms with E-state index in [2.05, 4.69) is 421 Å². The zero-order valence-electron chi connectivity index (χ0n) is 73.1. The van der Waals surface area contributed by atoms with Gasteiger partial charge in [0, 0.05) is 137 Å². The number of allylic oxidation sites excluding steroid dienone is 4. The molecule has 640 valence electrons. The number of rotatable bonds is 7. The molecule has 0 saturated heterocycles. The van der Waals surface area contributed by atoms with Crippen molar-refractivity contribution in [3.8, 4) is 101 Å². The van der Waals surface area contributed by atoms with Crippen LogP contribution in [0.15, 0.2) is 332 Å². The van der Waals surface area contributed by atoms with Crippen molar-refractivity contribution in [2.45, 2.75) is 55.4 Å². The van der Waals surface area contributed by atoms with Crippen molar-refractivity contribution >= 4 is 116 Å². The molecule has 25 rings (SSSR count). The van der Waals surface area contributed by atoms with Crippen molar-refractivity contribution in [3.63, 3.8) is 0 Å². The Balaban J connectivity index is 0.000000121. The smallest absolute Gasteiger partial charge is 0.285 e. The van der Waals surface area contributed by atoms with Gasteiger partial charge in [-0.1, -0.05) is 179 Å². The van der Waals surface area contributed by atoms with E-state index in [4.69, 9.17) is 9.97 Å². The van der Waals surface area contributed by atoms with Gasteiger partial charge in [0.1, 0.15) is 0 Å². The fourth-order valence-corrected chi connectivity index (χ4v) is 20.1. The van der Waals surface area contributed by atoms with Crippen LogP contribution in [-0.2, 0) is 61.3 Å². The fourth-order valence-electron chi connectivity index (χ4n) is 20.1. The minimum atomic E-state index is -0.113. The van der Waals surface area contributed by atoms with E-state index in [1.165, 1.54) is 140 Å². The predicted molar refractivity (Wildman–Crippen MR) is 524 cm³/mol. The number of benzene rings is 13. The van der Waals surface area contributed by atoms with Crippen LogP contribution in [0.5, 0.6) is 0 Å². The van der Waals surface area contributed by atoms with Crippen molar-refractivity contribution in [3.05, 3.63) is 400 Å². The first-order valence-electron chi connectivity index (χ1n) is 43.4. The van der Waals surface area contributed by atoms with Gasteiger partial charge in [0.15, 0.2) is 0 Å². The monoisotopic (exact) mass is 1950 g/mol. The van der Waals surface area contributed by atoms with Gasteiger partial charge in [0.2, 0.25) is 0 Å². The Morgan fingerprint density at radius 1 is 0.262 bits per heavy atom. The van der Waals surface area contributed by atoms with Gasteiger partial charge in [-0.25, -0.2) is 0 Å². The summed E-state index contributed by atoms with van der Waals surface area (Å²) in [6.07, 6.45) is 5.64. The molecule has 12 heterocycles. The van der Waals surface area contributed by atoms with Crippen LogP contribution in [0, 0.1) is 77.2 Å². The summed E-state index contributed by atoms with van der Waals surface area (Å²) in [5, 5.41) is 6.41. The molecular weight excluding hydrogens is 1870 g/mol. The zero-order chi connectivity index (χ0) is 85.7. The summed E-state index contributed by atoms with van der Waals surface area (Å²) in [4.78, 5) is 32.6. The van der Waals surface area contributed by atoms with Crippen LogP contribution in [0.1, 0.15) is 51.3 Å². The van der Waals surface area contributed by atoms with Crippen LogP contribution in [0.4, 0.5) is 56.9 Å². The first-order chi connectivity index (χ1) is 62.1. The third-order valence-electron chi connectivity index (χ3n) is 26.4. The molecule has 13 nitrogen and oxygen atoms in total. The van der Waals surface area contributed by atoms with Gasteiger partial charge >= 0.3 is 0 Å². The SMILES string of the molecule is CC1=C(C)N(c2[c-]c3c(cc2)-c2ccccc2N2B3c3[c-]c(-c4cc(C)ccn4)ccc3-c3ccccc32)[CH-]N1C.CC1=C(C)N(c2ccccc2)[CH-]N1c1[c-]c2c(cc1)-c1ccccc1N1B2c2[c-]c(-c3cc(C)ccn3)ccc2-c2ccccc21.CC1=NN(C)[CH-]N1c1[c-]c2c(cc1)-c1ccccc1N1B2c2[c-]c(-c3cc(C)ccn3)ccc2-c2ccccc21.[Pd].[Pd].[Pd]. The number of aryl methyl sites for hydroxylation is 3. The molecular formula is C111H83B3N13Pd3-9. The molecule has 16 aromatic rings. The number of hydrogen-bond acceptors (Lipinski definition) is 13. The largest absolute Gasteiger partial charge is 0.508 e. The van der Waals surface area contributed by atoms with Gasteiger partial charge < -0.3 is 58.9 Å². The molecule has 9 aliphatic rings. The topological polar surface area (TPSA) is 80.2 Å². The Bertz CT molecular complexity index is 7360. The van der Waals surface area contributed by atoms with Crippen molar-refractivity contribution in [1.82, 2.24) is 24.9 Å². The molecule has 0 bridgehead atoms. The molecule has 3 aromatic heterocycles. The van der Waals surface area contributed by atoms with Gasteiger partial charge in [-0.15, -0.1) is 170 Å². The third-order valence-corrected chi connectivity index (χ3v) is 26.4. The van der Waals surface area contributed by atoms with E-state index >= 15 is 0 Å². The number of hydrazone groups is 1. The second kappa shape index (κ2) is 34.0. The van der Waals surface area contributed by atoms with E-state index in [1.54, 1.807) is 0 Å². The van der Waals surface area contributed by atoms with E-state index in [-0.39, 0.29) is 81.8 Å². The van der Waals surface area contributed by atoms with Crippen LogP contribution >= 0.6 is 0 Å². The van der Waals surface area contributed by atoms with Crippen LogP contribution in [-0.4, -0.2) is 65.3 Å². The van der Waals surface area contributed by atoms with Gasteiger partial charge in [0.05, 0.1) is 5.84 Å². The number of para-hydroxylation sites is 7. The number of aromatic nitrogens is 3. The molecule has 0 unspecified atom stereocenters. The van der Waals surface area contributed by atoms with E-state index in [0.717, 1.165) is 95.1 Å². The Labute approximate surface area is 804 Å². The summed E-state index contributed by atoms with van der Waals surface area (Å²) >= 11 is 0. The van der Waals surface area contributed by atoms with Crippen molar-refractivity contribution < 1.29 is 61.3 Å². The normalized spacial score (nSPS) is 14.4. The molecule has 0 amide bonds. The van der Waals surface area contributed by atoms with Crippen LogP contribution in [0.25, 0.3) is 101 Å². The first kappa shape index (κ1) is 85.0. The Hall–Kier alpha value is -13.2. The molecule has 0 radical (unpaired) electrons. The Morgan fingerprint density at radius 3 is 0.854 bits per heavy atom. The van der Waals surface area contributed by atoms with Gasteiger partial charge in [-0.05, 0) is 176 Å². The molecule has 19 heteroatoms. The fraction of sp³-hybridized carbons (Fsp3) is 0.0901. The summed E-state index contributed by atoms with van der Waals surface area (Å²) in [6.45, 7) is 23.1. The van der Waals surface area contributed by atoms with Crippen LogP contribution < -0.4 is 66.8 Å². The number of pyridine rings is 3. The van der Waals surface area contributed by atoms with E-state index in [0.29, 0.717) is 0 Å². The molecule has 0 spiro atoms. The predicted octanol–water partition coefficient (Wildman–Crippen LogP) is 20.7. The average molecular weight is 1950 g/mol. The molecule has 0 fully saturated rings. The number of nitrogens with zero attached hydrogens (tertiary/aromatic N) is 13. The van der Waals surface area contributed by atoms with E-state index in [1.807, 2.05) is 62.4 Å². The molecule has 0 saturated carbocycles. The van der Waals surface area contributed by atoms with Crippen molar-refractivity contribution in [2.24, 2.45) is 5.10 Å². The van der Waals surface area contributed by atoms with Gasteiger partial charge in [-0.2, -0.15) is 64.6 Å². The maximum atomic E-state index is 4.73. The van der Waals surface area contributed by atoms with E-state index in [9.17, 15) is 0 Å². The second-order valence-electron chi connectivity index (χ2n) is 34.0. The standard InChI is InChI=1S/C41H30BN4.C36H28BN4.C34H25BN5.3Pd/c1-27-21-22-43-39(23-27)30-17-19-33-35-13-7-9-15-40(35)46-41-16-10-8-14-36(41)34-20-18-32(25-38(34)42(46)37(33)24-30)45-26-44(28(2)29(45)3)31-11-5-4-6-12-31;1-23-17-18-38-34(19-23)26-13-15-28-30-9-5-7-11-35(30)41-36-12-8-6-10-31(36)29-16-14-27(21-33(29)37(41)32(28)20-26)40-22-39(4)24(2)25(40)3;1-22-16-17-36-32(18-22)24-12-14-26-28-8-4-6-10-33(28)40-34-11-7-5-9-29(34)27-15-13-25(39-21-38(3)37-23(39)2)20-31(27)35(40)30(26)19-24;;;/h4-23,26H,1-3H3;5-19,22H,1-4H3;4-18,21H,1-3H3;;;/q3*-3;;;. The van der Waals surface area contributed by atoms with Crippen LogP contribution in [0.2, 0.25) is 0 Å². The molecule has 0 N–H and O–H groups in total.